The van der Waals surface area contributed by atoms with E-state index in [9.17, 15) is 0 Å². The highest BCUT2D eigenvalue weighted by Gasteiger charge is 1.94. The Morgan fingerprint density at radius 2 is 1.83 bits per heavy atom. The van der Waals surface area contributed by atoms with Gasteiger partial charge in [0.15, 0.2) is 0 Å². The van der Waals surface area contributed by atoms with Gasteiger partial charge in [-0.15, -0.1) is 0 Å². The Labute approximate surface area is 70.3 Å². The first-order valence-corrected chi connectivity index (χ1v) is 3.80. The lowest BCUT2D eigenvalue weighted by Gasteiger charge is -1.97. The van der Waals surface area contributed by atoms with Gasteiger partial charge in [0.05, 0.1) is 11.0 Å². The zero-order valence-electron chi connectivity index (χ0n) is 6.57. The van der Waals surface area contributed by atoms with Gasteiger partial charge in [-0.05, 0) is 17.7 Å². The lowest BCUT2D eigenvalue weighted by molar-refractivity contribution is 1.07. The SMILES string of the molecule is NCc1ccc2nccnc2c1. The molecule has 3 nitrogen and oxygen atoms in total. The number of fused-ring (bicyclic) bond motifs is 1. The van der Waals surface area contributed by atoms with Crippen LogP contribution in [-0.4, -0.2) is 9.97 Å². The van der Waals surface area contributed by atoms with E-state index in [1.165, 1.54) is 0 Å². The summed E-state index contributed by atoms with van der Waals surface area (Å²) in [5.41, 5.74) is 8.39. The lowest BCUT2D eigenvalue weighted by Crippen LogP contribution is -1.96. The van der Waals surface area contributed by atoms with Crippen LogP contribution in [0.3, 0.4) is 0 Å². The third kappa shape index (κ3) is 1.14. The van der Waals surface area contributed by atoms with Crippen LogP contribution in [0, 0.1) is 0 Å². The Hall–Kier alpha value is -1.48. The summed E-state index contributed by atoms with van der Waals surface area (Å²) >= 11 is 0. The molecule has 2 N–H and O–H groups in total. The number of benzene rings is 1. The molecule has 1 aromatic heterocycles. The van der Waals surface area contributed by atoms with Crippen LogP contribution in [0.15, 0.2) is 30.6 Å². The van der Waals surface area contributed by atoms with Crippen LogP contribution >= 0.6 is 0 Å². The molecule has 3 heteroatoms. The number of nitrogens with two attached hydrogens (primary N) is 1. The molecule has 1 heterocycles. The Balaban J connectivity index is 2.67. The first-order chi connectivity index (χ1) is 5.90. The summed E-state index contributed by atoms with van der Waals surface area (Å²) in [4.78, 5) is 8.33. The van der Waals surface area contributed by atoms with Crippen LogP contribution in [0.25, 0.3) is 11.0 Å². The molecule has 0 atom stereocenters. The van der Waals surface area contributed by atoms with Crippen molar-refractivity contribution in [1.29, 1.82) is 0 Å². The lowest BCUT2D eigenvalue weighted by atomic mass is 10.2. The molecule has 12 heavy (non-hydrogen) atoms. The molecule has 0 aliphatic heterocycles. The highest BCUT2D eigenvalue weighted by atomic mass is 14.8. The minimum atomic E-state index is 0.548. The fraction of sp³-hybridized carbons (Fsp3) is 0.111. The van der Waals surface area contributed by atoms with Crippen molar-refractivity contribution in [3.8, 4) is 0 Å². The summed E-state index contributed by atoms with van der Waals surface area (Å²) in [6.45, 7) is 0.548. The van der Waals surface area contributed by atoms with E-state index in [1.54, 1.807) is 12.4 Å². The van der Waals surface area contributed by atoms with Gasteiger partial charge >= 0.3 is 0 Å². The van der Waals surface area contributed by atoms with Gasteiger partial charge in [0, 0.05) is 18.9 Å². The van der Waals surface area contributed by atoms with Crippen LogP contribution in [0.1, 0.15) is 5.56 Å². The molecular weight excluding hydrogens is 150 g/mol. The Bertz CT molecular complexity index is 398. The highest BCUT2D eigenvalue weighted by molar-refractivity contribution is 5.74. The van der Waals surface area contributed by atoms with E-state index >= 15 is 0 Å². The predicted molar refractivity (Wildman–Crippen MR) is 47.4 cm³/mol. The van der Waals surface area contributed by atoms with E-state index < -0.39 is 0 Å². The first kappa shape index (κ1) is 7.18. The topological polar surface area (TPSA) is 51.8 Å². The van der Waals surface area contributed by atoms with Crippen molar-refractivity contribution in [3.63, 3.8) is 0 Å². The minimum absolute atomic E-state index is 0.548. The normalized spacial score (nSPS) is 10.4. The van der Waals surface area contributed by atoms with Gasteiger partial charge in [0.1, 0.15) is 0 Å². The van der Waals surface area contributed by atoms with Crippen molar-refractivity contribution in [1.82, 2.24) is 9.97 Å². The summed E-state index contributed by atoms with van der Waals surface area (Å²) < 4.78 is 0. The molecule has 1 aromatic carbocycles. The Kier molecular flexibility index (Phi) is 1.72. The van der Waals surface area contributed by atoms with Crippen molar-refractivity contribution in [2.75, 3.05) is 0 Å². The molecule has 2 aromatic rings. The molecule has 0 saturated heterocycles. The summed E-state index contributed by atoms with van der Waals surface area (Å²) in [7, 11) is 0. The van der Waals surface area contributed by atoms with Gasteiger partial charge < -0.3 is 5.73 Å². The maximum Gasteiger partial charge on any atom is 0.0890 e. The molecule has 0 amide bonds. The average Bonchev–Trinajstić information content (AvgIpc) is 2.17. The molecule has 0 bridgehead atoms. The van der Waals surface area contributed by atoms with Crippen molar-refractivity contribution < 1.29 is 0 Å². The summed E-state index contributed by atoms with van der Waals surface area (Å²) in [5.74, 6) is 0. The maximum absolute atomic E-state index is 5.49. The maximum atomic E-state index is 5.49. The summed E-state index contributed by atoms with van der Waals surface area (Å²) in [6.07, 6.45) is 3.37. The van der Waals surface area contributed by atoms with Gasteiger partial charge in [0.2, 0.25) is 0 Å². The second-order valence-electron chi connectivity index (χ2n) is 2.58. The quantitative estimate of drug-likeness (QED) is 0.677. The zero-order chi connectivity index (χ0) is 8.39. The predicted octanol–water partition coefficient (Wildman–Crippen LogP) is 1.09. The van der Waals surface area contributed by atoms with Crippen molar-refractivity contribution in [2.45, 2.75) is 6.54 Å². The van der Waals surface area contributed by atoms with E-state index in [-0.39, 0.29) is 0 Å². The fourth-order valence-corrected chi connectivity index (χ4v) is 1.14. The molecular formula is C9H9N3. The van der Waals surface area contributed by atoms with E-state index in [4.69, 9.17) is 5.73 Å². The molecule has 0 aliphatic rings. The van der Waals surface area contributed by atoms with Crippen molar-refractivity contribution in [3.05, 3.63) is 36.2 Å². The second kappa shape index (κ2) is 2.87. The van der Waals surface area contributed by atoms with E-state index in [1.807, 2.05) is 18.2 Å². The molecule has 2 rings (SSSR count). The van der Waals surface area contributed by atoms with E-state index in [0.717, 1.165) is 16.6 Å². The Morgan fingerprint density at radius 3 is 2.58 bits per heavy atom. The van der Waals surface area contributed by atoms with Gasteiger partial charge in [-0.2, -0.15) is 0 Å². The van der Waals surface area contributed by atoms with Crippen LogP contribution in [0.5, 0.6) is 0 Å². The van der Waals surface area contributed by atoms with Crippen molar-refractivity contribution in [2.24, 2.45) is 5.73 Å². The fourth-order valence-electron chi connectivity index (χ4n) is 1.14. The summed E-state index contributed by atoms with van der Waals surface area (Å²) in [6, 6.07) is 5.86. The standard InChI is InChI=1S/C9H9N3/c10-6-7-1-2-8-9(5-7)12-4-3-11-8/h1-5H,6,10H2. The third-order valence-corrected chi connectivity index (χ3v) is 1.77. The molecule has 60 valence electrons. The Morgan fingerprint density at radius 1 is 1.08 bits per heavy atom. The first-order valence-electron chi connectivity index (χ1n) is 3.80. The molecule has 0 saturated carbocycles. The largest absolute Gasteiger partial charge is 0.326 e. The summed E-state index contributed by atoms with van der Waals surface area (Å²) in [5, 5.41) is 0. The molecule has 0 spiro atoms. The smallest absolute Gasteiger partial charge is 0.0890 e. The molecule has 0 aliphatic carbocycles. The van der Waals surface area contributed by atoms with Crippen LogP contribution in [0.2, 0.25) is 0 Å². The number of rotatable bonds is 1. The van der Waals surface area contributed by atoms with Crippen LogP contribution in [-0.2, 0) is 6.54 Å². The monoisotopic (exact) mass is 159 g/mol. The van der Waals surface area contributed by atoms with Gasteiger partial charge in [0.25, 0.3) is 0 Å². The van der Waals surface area contributed by atoms with Gasteiger partial charge in [-0.1, -0.05) is 6.07 Å². The van der Waals surface area contributed by atoms with E-state index in [0.29, 0.717) is 6.54 Å². The molecule has 0 unspecified atom stereocenters. The molecule has 0 radical (unpaired) electrons. The number of hydrogen-bond donors (Lipinski definition) is 1. The van der Waals surface area contributed by atoms with Gasteiger partial charge in [-0.3, -0.25) is 9.97 Å². The third-order valence-electron chi connectivity index (χ3n) is 1.77. The van der Waals surface area contributed by atoms with Crippen LogP contribution < -0.4 is 5.73 Å². The zero-order valence-corrected chi connectivity index (χ0v) is 6.57. The van der Waals surface area contributed by atoms with E-state index in [2.05, 4.69) is 9.97 Å². The second-order valence-corrected chi connectivity index (χ2v) is 2.58. The number of hydrogen-bond acceptors (Lipinski definition) is 3. The minimum Gasteiger partial charge on any atom is -0.326 e. The van der Waals surface area contributed by atoms with Gasteiger partial charge in [-0.25, -0.2) is 0 Å². The highest BCUT2D eigenvalue weighted by Crippen LogP contribution is 2.09. The number of aromatic nitrogens is 2. The average molecular weight is 159 g/mol. The van der Waals surface area contributed by atoms with Crippen LogP contribution in [0.4, 0.5) is 0 Å². The van der Waals surface area contributed by atoms with Crippen molar-refractivity contribution >= 4 is 11.0 Å². The molecule has 0 fully saturated rings. The number of nitrogens with zero attached hydrogens (tertiary/aromatic N) is 2.